The van der Waals surface area contributed by atoms with Crippen LogP contribution >= 0.6 is 0 Å². The van der Waals surface area contributed by atoms with Crippen molar-refractivity contribution in [2.45, 2.75) is 43.1 Å². The SMILES string of the molecule is C=C(C[Si](C)(C)C)C(O)c1cccc2c1c(C/C=C/OC)cn2S(=O)(=O)c1ccccc1. The minimum absolute atomic E-state index is 0.213. The van der Waals surface area contributed by atoms with E-state index in [0.29, 0.717) is 17.5 Å². The first-order chi connectivity index (χ1) is 15.1. The van der Waals surface area contributed by atoms with Crippen molar-refractivity contribution in [2.75, 3.05) is 7.11 Å². The molecule has 1 unspecified atom stereocenters. The number of hydrogen-bond acceptors (Lipinski definition) is 4. The molecule has 3 aromatic rings. The standard InChI is InChI=1S/C25H31NO4SSi/c1-19(18-32(3,4)5)25(27)22-14-9-15-23-24(22)20(11-10-16-30-2)17-26(23)31(28,29)21-12-7-6-8-13-21/h6-10,12-17,25,27H,1,11,18H2,2-5H3/b16-10+. The van der Waals surface area contributed by atoms with Gasteiger partial charge in [0.2, 0.25) is 0 Å². The Morgan fingerprint density at radius 2 is 1.84 bits per heavy atom. The minimum atomic E-state index is -3.80. The normalized spacial score (nSPS) is 13.5. The van der Waals surface area contributed by atoms with E-state index in [1.54, 1.807) is 62.0 Å². The first-order valence-corrected chi connectivity index (χ1v) is 15.7. The fourth-order valence-electron chi connectivity index (χ4n) is 3.92. The quantitative estimate of drug-likeness (QED) is 0.255. The molecular weight excluding hydrogens is 438 g/mol. The molecule has 0 radical (unpaired) electrons. The van der Waals surface area contributed by atoms with Crippen LogP contribution in [0.2, 0.25) is 25.7 Å². The van der Waals surface area contributed by atoms with Gasteiger partial charge in [0, 0.05) is 19.7 Å². The summed E-state index contributed by atoms with van der Waals surface area (Å²) in [4.78, 5) is 0.213. The van der Waals surface area contributed by atoms with Crippen LogP contribution < -0.4 is 0 Å². The van der Waals surface area contributed by atoms with Crippen LogP contribution in [0.3, 0.4) is 0 Å². The van der Waals surface area contributed by atoms with Crippen molar-refractivity contribution in [3.05, 3.63) is 90.3 Å². The van der Waals surface area contributed by atoms with E-state index >= 15 is 0 Å². The van der Waals surface area contributed by atoms with Crippen molar-refractivity contribution in [1.82, 2.24) is 3.97 Å². The second-order valence-electron chi connectivity index (χ2n) is 9.12. The Morgan fingerprint density at radius 1 is 1.16 bits per heavy atom. The van der Waals surface area contributed by atoms with Gasteiger partial charge in [-0.15, -0.1) is 0 Å². The van der Waals surface area contributed by atoms with Gasteiger partial charge in [0.1, 0.15) is 6.10 Å². The zero-order valence-electron chi connectivity index (χ0n) is 19.1. The highest BCUT2D eigenvalue weighted by atomic mass is 32.2. The van der Waals surface area contributed by atoms with Gasteiger partial charge >= 0.3 is 0 Å². The van der Waals surface area contributed by atoms with Gasteiger partial charge in [-0.2, -0.15) is 0 Å². The molecule has 0 saturated carbocycles. The summed E-state index contributed by atoms with van der Waals surface area (Å²) in [6, 6.07) is 14.6. The molecular formula is C25H31NO4SSi. The predicted molar refractivity (Wildman–Crippen MR) is 133 cm³/mol. The second-order valence-corrected chi connectivity index (χ2v) is 16.4. The number of nitrogens with zero attached hydrogens (tertiary/aromatic N) is 1. The lowest BCUT2D eigenvalue weighted by Gasteiger charge is -2.22. The van der Waals surface area contributed by atoms with Gasteiger partial charge in [-0.25, -0.2) is 12.4 Å². The Morgan fingerprint density at radius 3 is 2.47 bits per heavy atom. The Balaban J connectivity index is 2.21. The lowest BCUT2D eigenvalue weighted by molar-refractivity contribution is 0.217. The third kappa shape index (κ3) is 5.06. The molecule has 0 bridgehead atoms. The van der Waals surface area contributed by atoms with Gasteiger partial charge in [-0.05, 0) is 53.4 Å². The summed E-state index contributed by atoms with van der Waals surface area (Å²) < 4.78 is 33.2. The Kier molecular flexibility index (Phi) is 7.12. The summed E-state index contributed by atoms with van der Waals surface area (Å²) in [5.41, 5.74) is 2.76. The molecule has 170 valence electrons. The number of benzene rings is 2. The summed E-state index contributed by atoms with van der Waals surface area (Å²) in [7, 11) is -3.72. The maximum atomic E-state index is 13.4. The van der Waals surface area contributed by atoms with Gasteiger partial charge in [0.05, 0.1) is 23.8 Å². The lowest BCUT2D eigenvalue weighted by atomic mass is 9.97. The van der Waals surface area contributed by atoms with Crippen LogP contribution in [0.15, 0.2) is 84.1 Å². The summed E-state index contributed by atoms with van der Waals surface area (Å²) in [5.74, 6) is 0. The van der Waals surface area contributed by atoms with Crippen molar-refractivity contribution >= 4 is 29.0 Å². The fraction of sp³-hybridized carbons (Fsp3) is 0.280. The van der Waals surface area contributed by atoms with E-state index in [-0.39, 0.29) is 4.90 Å². The van der Waals surface area contributed by atoms with Gasteiger partial charge < -0.3 is 9.84 Å². The van der Waals surface area contributed by atoms with Crippen LogP contribution in [0, 0.1) is 0 Å². The zero-order chi connectivity index (χ0) is 23.5. The molecule has 1 N–H and O–H groups in total. The monoisotopic (exact) mass is 469 g/mol. The molecule has 2 aromatic carbocycles. The van der Waals surface area contributed by atoms with Crippen LogP contribution in [0.5, 0.6) is 0 Å². The maximum absolute atomic E-state index is 13.4. The van der Waals surface area contributed by atoms with Crippen molar-refractivity contribution in [3.8, 4) is 0 Å². The van der Waals surface area contributed by atoms with Crippen molar-refractivity contribution < 1.29 is 18.3 Å². The summed E-state index contributed by atoms with van der Waals surface area (Å²) in [5, 5.41) is 11.9. The van der Waals surface area contributed by atoms with Crippen LogP contribution in [0.25, 0.3) is 10.9 Å². The molecule has 5 nitrogen and oxygen atoms in total. The Hall–Kier alpha value is -2.61. The number of fused-ring (bicyclic) bond motifs is 1. The number of methoxy groups -OCH3 is 1. The molecule has 0 aliphatic heterocycles. The van der Waals surface area contributed by atoms with E-state index in [2.05, 4.69) is 26.2 Å². The number of hydrogen-bond donors (Lipinski definition) is 1. The molecule has 0 aliphatic carbocycles. The number of aliphatic hydroxyl groups is 1. The predicted octanol–water partition coefficient (Wildman–Crippen LogP) is 5.51. The van der Waals surface area contributed by atoms with Crippen molar-refractivity contribution in [1.29, 1.82) is 0 Å². The molecule has 32 heavy (non-hydrogen) atoms. The van der Waals surface area contributed by atoms with Crippen LogP contribution in [-0.2, 0) is 21.2 Å². The second kappa shape index (κ2) is 9.48. The molecule has 1 heterocycles. The first kappa shape index (κ1) is 24.0. The van der Waals surface area contributed by atoms with Gasteiger partial charge in [0.15, 0.2) is 0 Å². The van der Waals surface area contributed by atoms with Crippen LogP contribution in [0.1, 0.15) is 17.2 Å². The van der Waals surface area contributed by atoms with Crippen molar-refractivity contribution in [2.24, 2.45) is 0 Å². The Bertz CT molecular complexity index is 1240. The largest absolute Gasteiger partial charge is 0.505 e. The molecule has 1 aromatic heterocycles. The molecule has 0 spiro atoms. The van der Waals surface area contributed by atoms with E-state index < -0.39 is 24.2 Å². The third-order valence-corrected chi connectivity index (χ3v) is 8.42. The lowest BCUT2D eigenvalue weighted by Crippen LogP contribution is -2.21. The Labute approximate surface area is 191 Å². The van der Waals surface area contributed by atoms with E-state index in [4.69, 9.17) is 4.74 Å². The van der Waals surface area contributed by atoms with E-state index in [0.717, 1.165) is 22.6 Å². The van der Waals surface area contributed by atoms with Gasteiger partial charge in [0.25, 0.3) is 10.0 Å². The molecule has 0 aliphatic rings. The third-order valence-electron chi connectivity index (χ3n) is 5.22. The molecule has 3 rings (SSSR count). The number of ether oxygens (including phenoxy) is 1. The molecule has 0 fully saturated rings. The highest BCUT2D eigenvalue weighted by Crippen LogP contribution is 2.36. The van der Waals surface area contributed by atoms with Crippen LogP contribution in [-0.4, -0.2) is 32.7 Å². The highest BCUT2D eigenvalue weighted by Gasteiger charge is 2.26. The minimum Gasteiger partial charge on any atom is -0.505 e. The topological polar surface area (TPSA) is 68.5 Å². The summed E-state index contributed by atoms with van der Waals surface area (Å²) >= 11 is 0. The average molecular weight is 470 g/mol. The number of aliphatic hydroxyl groups excluding tert-OH is 1. The van der Waals surface area contributed by atoms with E-state index in [9.17, 15) is 13.5 Å². The smallest absolute Gasteiger partial charge is 0.268 e. The van der Waals surface area contributed by atoms with Gasteiger partial charge in [-0.1, -0.05) is 56.6 Å². The number of rotatable bonds is 9. The summed E-state index contributed by atoms with van der Waals surface area (Å²) in [6.07, 6.45) is 4.63. The fourth-order valence-corrected chi connectivity index (χ4v) is 6.88. The van der Waals surface area contributed by atoms with Gasteiger partial charge in [-0.3, -0.25) is 0 Å². The highest BCUT2D eigenvalue weighted by molar-refractivity contribution is 7.90. The van der Waals surface area contributed by atoms with Crippen molar-refractivity contribution in [3.63, 3.8) is 0 Å². The first-order valence-electron chi connectivity index (χ1n) is 10.5. The van der Waals surface area contributed by atoms with E-state index in [1.807, 2.05) is 12.1 Å². The molecule has 1 atom stereocenters. The van der Waals surface area contributed by atoms with E-state index in [1.165, 1.54) is 3.97 Å². The average Bonchev–Trinajstić information content (AvgIpc) is 3.12. The van der Waals surface area contributed by atoms with Crippen LogP contribution in [0.4, 0.5) is 0 Å². The maximum Gasteiger partial charge on any atom is 0.268 e. The zero-order valence-corrected chi connectivity index (χ0v) is 20.9. The molecule has 0 saturated heterocycles. The molecule has 0 amide bonds. The number of aromatic nitrogens is 1. The molecule has 7 heteroatoms. The number of allylic oxidation sites excluding steroid dienone is 1. The summed E-state index contributed by atoms with van der Waals surface area (Å²) in [6.45, 7) is 10.9.